The molecular formula is C33H23ClF3O2S2+. The second-order valence-electron chi connectivity index (χ2n) is 8.89. The van der Waals surface area contributed by atoms with Crippen LogP contribution in [0.1, 0.15) is 21.5 Å². The third kappa shape index (κ3) is 6.64. The largest absolute Gasteiger partial charge is 0.497 e. The van der Waals surface area contributed by atoms with Crippen LogP contribution in [-0.2, 0) is 17.1 Å². The van der Waals surface area contributed by atoms with Crippen molar-refractivity contribution >= 4 is 40.0 Å². The van der Waals surface area contributed by atoms with Gasteiger partial charge in [0.2, 0.25) is 0 Å². The van der Waals surface area contributed by atoms with Crippen molar-refractivity contribution in [2.45, 2.75) is 30.7 Å². The lowest BCUT2D eigenvalue weighted by atomic mass is 10.0. The molecule has 0 aliphatic rings. The molecule has 2 nitrogen and oxygen atoms in total. The number of ether oxygens (including phenoxy) is 1. The summed E-state index contributed by atoms with van der Waals surface area (Å²) in [6.45, 7) is 0. The van der Waals surface area contributed by atoms with Gasteiger partial charge in [-0.2, -0.15) is 13.2 Å². The molecule has 0 fully saturated rings. The van der Waals surface area contributed by atoms with E-state index in [1.165, 1.54) is 23.9 Å². The maximum atomic E-state index is 13.3. The summed E-state index contributed by atoms with van der Waals surface area (Å²) in [4.78, 5) is 17.6. The molecule has 1 atom stereocenters. The molecule has 5 aromatic rings. The van der Waals surface area contributed by atoms with E-state index in [9.17, 15) is 18.0 Å². The smallest absolute Gasteiger partial charge is 0.416 e. The number of ketones is 1. The molecule has 0 N–H and O–H groups in total. The molecule has 0 radical (unpaired) electrons. The first-order valence-electron chi connectivity index (χ1n) is 12.5. The Labute approximate surface area is 248 Å². The first-order chi connectivity index (χ1) is 19.7. The van der Waals surface area contributed by atoms with E-state index in [-0.39, 0.29) is 5.78 Å². The monoisotopic (exact) mass is 607 g/mol. The zero-order valence-corrected chi connectivity index (χ0v) is 24.1. The fraction of sp³-hybridized carbons (Fsp3) is 0.0606. The van der Waals surface area contributed by atoms with Gasteiger partial charge in [-0.15, -0.1) is 0 Å². The Balaban J connectivity index is 1.47. The van der Waals surface area contributed by atoms with Gasteiger partial charge in [0.15, 0.2) is 20.5 Å². The molecule has 5 aromatic carbocycles. The van der Waals surface area contributed by atoms with Gasteiger partial charge in [0.05, 0.1) is 34.2 Å². The standard InChI is InChI=1S/C33H23ClF3O2S2/c1-39-24-12-18-27(19-13-24)41(26-16-10-23(11-17-26)33(35,36)37)28-20-14-25(15-21-28)40-30-9-5-8-29(34)31(30)32(38)22-6-3-2-4-7-22/h2-21H,1H3/q+1. The highest BCUT2D eigenvalue weighted by Crippen LogP contribution is 2.38. The summed E-state index contributed by atoms with van der Waals surface area (Å²) in [7, 11) is 0.921. The molecule has 0 aromatic heterocycles. The van der Waals surface area contributed by atoms with Gasteiger partial charge in [0.25, 0.3) is 0 Å². The van der Waals surface area contributed by atoms with E-state index in [4.69, 9.17) is 16.3 Å². The highest BCUT2D eigenvalue weighted by molar-refractivity contribution is 7.99. The molecule has 0 aliphatic carbocycles. The van der Waals surface area contributed by atoms with Crippen molar-refractivity contribution in [3.8, 4) is 5.75 Å². The fourth-order valence-electron chi connectivity index (χ4n) is 4.21. The molecule has 0 bridgehead atoms. The van der Waals surface area contributed by atoms with Crippen molar-refractivity contribution in [1.29, 1.82) is 0 Å². The molecular weight excluding hydrogens is 585 g/mol. The number of rotatable bonds is 8. The Hall–Kier alpha value is -3.65. The Morgan fingerprint density at radius 1 is 0.732 bits per heavy atom. The highest BCUT2D eigenvalue weighted by atomic mass is 35.5. The Morgan fingerprint density at radius 3 is 1.85 bits per heavy atom. The van der Waals surface area contributed by atoms with E-state index in [2.05, 4.69) is 0 Å². The van der Waals surface area contributed by atoms with Crippen LogP contribution < -0.4 is 4.74 Å². The predicted molar refractivity (Wildman–Crippen MR) is 158 cm³/mol. The van der Waals surface area contributed by atoms with E-state index in [0.29, 0.717) is 21.9 Å². The van der Waals surface area contributed by atoms with E-state index in [1.54, 1.807) is 25.3 Å². The summed E-state index contributed by atoms with van der Waals surface area (Å²) in [5, 5.41) is 0.379. The molecule has 206 valence electrons. The number of methoxy groups -OCH3 is 1. The molecule has 41 heavy (non-hydrogen) atoms. The van der Waals surface area contributed by atoms with Crippen LogP contribution in [0.4, 0.5) is 13.2 Å². The summed E-state index contributed by atoms with van der Waals surface area (Å²) < 4.78 is 45.0. The van der Waals surface area contributed by atoms with Crippen LogP contribution in [-0.4, -0.2) is 12.9 Å². The number of alkyl halides is 3. The lowest BCUT2D eigenvalue weighted by molar-refractivity contribution is -0.137. The third-order valence-corrected chi connectivity index (χ3v) is 9.85. The molecule has 0 saturated carbocycles. The Bertz CT molecular complexity index is 1640. The number of benzene rings is 5. The third-order valence-electron chi connectivity index (χ3n) is 6.24. The van der Waals surface area contributed by atoms with Crippen LogP contribution >= 0.6 is 23.4 Å². The second kappa shape index (κ2) is 12.5. The molecule has 0 heterocycles. The zero-order chi connectivity index (χ0) is 29.0. The zero-order valence-electron chi connectivity index (χ0n) is 21.7. The first kappa shape index (κ1) is 28.9. The number of carbonyl (C=O) groups excluding carboxylic acids is 1. The fourth-order valence-corrected chi connectivity index (χ4v) is 7.55. The molecule has 0 spiro atoms. The van der Waals surface area contributed by atoms with Gasteiger partial charge in [-0.05, 0) is 84.9 Å². The second-order valence-corrected chi connectivity index (χ2v) is 12.4. The summed E-state index contributed by atoms with van der Waals surface area (Å²) in [5.74, 6) is 0.539. The van der Waals surface area contributed by atoms with Crippen molar-refractivity contribution < 1.29 is 22.7 Å². The van der Waals surface area contributed by atoms with Crippen LogP contribution in [0.2, 0.25) is 5.02 Å². The number of carbonyl (C=O) groups is 1. The summed E-state index contributed by atoms with van der Waals surface area (Å²) in [6, 6.07) is 35.1. The number of hydrogen-bond donors (Lipinski definition) is 0. The topological polar surface area (TPSA) is 26.3 Å². The lowest BCUT2D eigenvalue weighted by Gasteiger charge is -2.12. The van der Waals surface area contributed by atoms with Crippen LogP contribution in [0.15, 0.2) is 146 Å². The van der Waals surface area contributed by atoms with Crippen LogP contribution in [0, 0.1) is 0 Å². The first-order valence-corrected chi connectivity index (χ1v) is 14.9. The van der Waals surface area contributed by atoms with Crippen LogP contribution in [0.3, 0.4) is 0 Å². The molecule has 0 aliphatic heterocycles. The van der Waals surface area contributed by atoms with Crippen molar-refractivity contribution in [2.24, 2.45) is 0 Å². The van der Waals surface area contributed by atoms with Crippen molar-refractivity contribution in [2.75, 3.05) is 7.11 Å². The van der Waals surface area contributed by atoms with Crippen LogP contribution in [0.5, 0.6) is 5.75 Å². The maximum absolute atomic E-state index is 13.3. The number of halogens is 4. The molecule has 0 saturated heterocycles. The van der Waals surface area contributed by atoms with Crippen LogP contribution in [0.25, 0.3) is 0 Å². The van der Waals surface area contributed by atoms with Crippen molar-refractivity contribution in [3.05, 3.63) is 143 Å². The minimum Gasteiger partial charge on any atom is -0.497 e. The summed E-state index contributed by atoms with van der Waals surface area (Å²) in [5.41, 5.74) is 0.309. The predicted octanol–water partition coefficient (Wildman–Crippen LogP) is 9.84. The minimum absolute atomic E-state index is 0.154. The Morgan fingerprint density at radius 2 is 1.29 bits per heavy atom. The molecule has 5 rings (SSSR count). The van der Waals surface area contributed by atoms with E-state index < -0.39 is 22.6 Å². The average Bonchev–Trinajstić information content (AvgIpc) is 2.99. The minimum atomic E-state index is -4.41. The van der Waals surface area contributed by atoms with E-state index in [1.807, 2.05) is 78.9 Å². The summed E-state index contributed by atoms with van der Waals surface area (Å²) >= 11 is 7.92. The molecule has 8 heteroatoms. The van der Waals surface area contributed by atoms with E-state index in [0.717, 1.165) is 36.6 Å². The van der Waals surface area contributed by atoms with Gasteiger partial charge >= 0.3 is 6.18 Å². The number of hydrogen-bond acceptors (Lipinski definition) is 3. The van der Waals surface area contributed by atoms with E-state index >= 15 is 0 Å². The highest BCUT2D eigenvalue weighted by Gasteiger charge is 2.33. The van der Waals surface area contributed by atoms with Gasteiger partial charge in [0, 0.05) is 15.4 Å². The molecule has 1 unspecified atom stereocenters. The quantitative estimate of drug-likeness (QED) is 0.130. The van der Waals surface area contributed by atoms with Crippen molar-refractivity contribution in [3.63, 3.8) is 0 Å². The Kier molecular flexibility index (Phi) is 8.78. The normalized spacial score (nSPS) is 12.1. The SMILES string of the molecule is COc1ccc([S+](c2ccc(Sc3cccc(Cl)c3C(=O)c3ccccc3)cc2)c2ccc(C(F)(F)F)cc2)cc1. The van der Waals surface area contributed by atoms with Crippen molar-refractivity contribution in [1.82, 2.24) is 0 Å². The summed E-state index contributed by atoms with van der Waals surface area (Å²) in [6.07, 6.45) is -4.41. The van der Waals surface area contributed by atoms with Gasteiger partial charge < -0.3 is 4.74 Å². The van der Waals surface area contributed by atoms with Gasteiger partial charge in [0.1, 0.15) is 5.75 Å². The van der Waals surface area contributed by atoms with Gasteiger partial charge in [-0.25, -0.2) is 0 Å². The maximum Gasteiger partial charge on any atom is 0.416 e. The lowest BCUT2D eigenvalue weighted by Crippen LogP contribution is -2.08. The van der Waals surface area contributed by atoms with Gasteiger partial charge in [-0.3, -0.25) is 4.79 Å². The average molecular weight is 608 g/mol. The molecule has 0 amide bonds. The van der Waals surface area contributed by atoms with Gasteiger partial charge in [-0.1, -0.05) is 59.8 Å².